The van der Waals surface area contributed by atoms with E-state index in [1.165, 1.54) is 23.0 Å². The van der Waals surface area contributed by atoms with Crippen molar-refractivity contribution < 1.29 is 18.9 Å². The second kappa shape index (κ2) is 17.0. The van der Waals surface area contributed by atoms with E-state index in [0.29, 0.717) is 10.5 Å². The number of rotatable bonds is 24. The number of hydrogen-bond acceptors (Lipinski definition) is 11. The van der Waals surface area contributed by atoms with Crippen molar-refractivity contribution in [1.82, 2.24) is 0 Å². The predicted molar refractivity (Wildman–Crippen MR) is 158 cm³/mol. The highest BCUT2D eigenvalue weighted by atomic mass is 32.2. The van der Waals surface area contributed by atoms with Gasteiger partial charge in [-0.2, -0.15) is 82.3 Å². The Morgan fingerprint density at radius 1 is 0.576 bits per heavy atom. The van der Waals surface area contributed by atoms with Crippen LogP contribution in [0.25, 0.3) is 0 Å². The van der Waals surface area contributed by atoms with Gasteiger partial charge in [0.2, 0.25) is 0 Å². The molecule has 0 amide bonds. The molecule has 0 aromatic carbocycles. The van der Waals surface area contributed by atoms with Crippen LogP contribution in [0.4, 0.5) is 0 Å². The van der Waals surface area contributed by atoms with E-state index in [9.17, 15) is 0 Å². The third-order valence-corrected chi connectivity index (χ3v) is 13.0. The Balaban J connectivity index is 1.10. The Bertz CT molecular complexity index is 519. The minimum atomic E-state index is 0.531. The van der Waals surface area contributed by atoms with Gasteiger partial charge in [-0.15, -0.1) is 0 Å². The van der Waals surface area contributed by atoms with Crippen molar-refractivity contribution in [1.29, 1.82) is 0 Å². The molecule has 4 aliphatic heterocycles. The fourth-order valence-electron chi connectivity index (χ4n) is 2.89. The van der Waals surface area contributed by atoms with Crippen LogP contribution in [-0.2, 0) is 18.9 Å². The third kappa shape index (κ3) is 15.3. The lowest BCUT2D eigenvalue weighted by atomic mass is 10.5. The van der Waals surface area contributed by atoms with E-state index in [4.69, 9.17) is 18.9 Å². The highest BCUT2D eigenvalue weighted by Crippen LogP contribution is 2.32. The minimum absolute atomic E-state index is 0.531. The molecule has 6 unspecified atom stereocenters. The van der Waals surface area contributed by atoms with Crippen LogP contribution in [0, 0.1) is 0 Å². The van der Waals surface area contributed by atoms with Crippen LogP contribution in [0.3, 0.4) is 0 Å². The molecule has 4 heterocycles. The SMILES string of the molecule is C(CSCC(COCC1CS1)SCC(COCC1CS1)SCCOCC1CS1)OCC1CS1. The minimum Gasteiger partial charge on any atom is -0.379 e. The van der Waals surface area contributed by atoms with Crippen LogP contribution in [-0.4, -0.2) is 130 Å². The highest BCUT2D eigenvalue weighted by Gasteiger charge is 2.25. The van der Waals surface area contributed by atoms with Gasteiger partial charge >= 0.3 is 0 Å². The summed E-state index contributed by atoms with van der Waals surface area (Å²) in [4.78, 5) is 0. The molecule has 0 bridgehead atoms. The van der Waals surface area contributed by atoms with E-state index < -0.39 is 0 Å². The van der Waals surface area contributed by atoms with Crippen LogP contribution >= 0.6 is 82.3 Å². The molecule has 4 fully saturated rings. The van der Waals surface area contributed by atoms with Gasteiger partial charge in [0.1, 0.15) is 0 Å². The maximum Gasteiger partial charge on any atom is 0.0593 e. The summed E-state index contributed by atoms with van der Waals surface area (Å²) in [6.45, 7) is 7.18. The smallest absolute Gasteiger partial charge is 0.0593 e. The molecule has 0 radical (unpaired) electrons. The average molecular weight is 591 g/mol. The van der Waals surface area contributed by atoms with Gasteiger partial charge in [0.05, 0.1) is 52.9 Å². The fraction of sp³-hybridized carbons (Fsp3) is 1.00. The van der Waals surface area contributed by atoms with Crippen molar-refractivity contribution in [2.45, 2.75) is 31.5 Å². The second-order valence-corrected chi connectivity index (χ2v) is 17.8. The van der Waals surface area contributed by atoms with Crippen molar-refractivity contribution in [3.05, 3.63) is 0 Å². The molecule has 11 heteroatoms. The standard InChI is InChI=1S/C22H38O4S7/c1(23-5-19-13-30-19)3-27-11-17(7-25-9-21-15-32-21)29-12-18(8-26-10-22-16-33-22)28-4-2-24-6-20-14-31-20/h17-22H,1-16H2. The zero-order valence-corrected chi connectivity index (χ0v) is 25.0. The predicted octanol–water partition coefficient (Wildman–Crippen LogP) is 4.45. The van der Waals surface area contributed by atoms with Crippen LogP contribution in [0.2, 0.25) is 0 Å². The second-order valence-electron chi connectivity index (χ2n) is 8.57. The van der Waals surface area contributed by atoms with Gasteiger partial charge in [-0.3, -0.25) is 0 Å². The molecule has 4 rings (SSSR count). The van der Waals surface area contributed by atoms with Crippen molar-refractivity contribution in [3.8, 4) is 0 Å². The maximum atomic E-state index is 6.08. The summed E-state index contributed by atoms with van der Waals surface area (Å²) in [7, 11) is 0. The largest absolute Gasteiger partial charge is 0.379 e. The van der Waals surface area contributed by atoms with Gasteiger partial charge in [0.15, 0.2) is 0 Å². The highest BCUT2D eigenvalue weighted by molar-refractivity contribution is 8.07. The van der Waals surface area contributed by atoms with Crippen molar-refractivity contribution in [3.63, 3.8) is 0 Å². The molecule has 4 nitrogen and oxygen atoms in total. The Hall–Kier alpha value is 2.29. The van der Waals surface area contributed by atoms with Gasteiger partial charge in [-0.05, 0) is 0 Å². The topological polar surface area (TPSA) is 36.9 Å². The first kappa shape index (κ1) is 28.3. The third-order valence-electron chi connectivity index (χ3n) is 5.21. The summed E-state index contributed by atoms with van der Waals surface area (Å²) in [6, 6.07) is 0. The molecule has 0 spiro atoms. The van der Waals surface area contributed by atoms with Crippen LogP contribution in [0.1, 0.15) is 0 Å². The van der Waals surface area contributed by atoms with E-state index in [1.54, 1.807) is 0 Å². The summed E-state index contributed by atoms with van der Waals surface area (Å²) in [5.41, 5.74) is 0. The summed E-state index contributed by atoms with van der Waals surface area (Å²) in [6.07, 6.45) is 0. The summed E-state index contributed by atoms with van der Waals surface area (Å²) >= 11 is 14.2. The molecule has 0 aromatic rings. The number of hydrogen-bond donors (Lipinski definition) is 0. The normalized spacial score (nSPS) is 29.1. The maximum absolute atomic E-state index is 6.08. The van der Waals surface area contributed by atoms with E-state index in [-0.39, 0.29) is 0 Å². The fourth-order valence-corrected chi connectivity index (χ4v) is 8.16. The van der Waals surface area contributed by atoms with Gasteiger partial charge in [-0.25, -0.2) is 0 Å². The first-order valence-electron chi connectivity index (χ1n) is 11.9. The molecule has 0 N–H and O–H groups in total. The summed E-state index contributed by atoms with van der Waals surface area (Å²) in [5.74, 6) is 9.55. The van der Waals surface area contributed by atoms with Crippen LogP contribution in [0.15, 0.2) is 0 Å². The number of ether oxygens (including phenoxy) is 4. The first-order valence-corrected chi connectivity index (χ1v) is 19.4. The van der Waals surface area contributed by atoms with E-state index in [0.717, 1.165) is 96.9 Å². The monoisotopic (exact) mass is 590 g/mol. The van der Waals surface area contributed by atoms with Gasteiger partial charge in [-0.1, -0.05) is 0 Å². The van der Waals surface area contributed by atoms with Crippen molar-refractivity contribution >= 4 is 82.3 Å². The average Bonchev–Trinajstić information content (AvgIpc) is 3.63. The van der Waals surface area contributed by atoms with Gasteiger partial charge < -0.3 is 18.9 Å². The first-order chi connectivity index (χ1) is 16.3. The Morgan fingerprint density at radius 2 is 1.03 bits per heavy atom. The Labute approximate surface area is 230 Å². The zero-order valence-electron chi connectivity index (χ0n) is 19.3. The van der Waals surface area contributed by atoms with Gasteiger partial charge in [0, 0.05) is 77.5 Å². The lowest BCUT2D eigenvalue weighted by molar-refractivity contribution is 0.144. The van der Waals surface area contributed by atoms with Crippen molar-refractivity contribution in [2.24, 2.45) is 0 Å². The summed E-state index contributed by atoms with van der Waals surface area (Å²) < 4.78 is 23.8. The molecular formula is C22H38O4S7. The Kier molecular flexibility index (Phi) is 14.6. The molecule has 0 aliphatic carbocycles. The molecule has 4 aliphatic rings. The molecule has 6 atom stereocenters. The van der Waals surface area contributed by atoms with E-state index in [1.807, 2.05) is 70.6 Å². The zero-order chi connectivity index (χ0) is 22.6. The summed E-state index contributed by atoms with van der Waals surface area (Å²) in [5, 5.41) is 4.13. The molecular weight excluding hydrogens is 553 g/mol. The van der Waals surface area contributed by atoms with Gasteiger partial charge in [0.25, 0.3) is 0 Å². The van der Waals surface area contributed by atoms with E-state index >= 15 is 0 Å². The van der Waals surface area contributed by atoms with Crippen LogP contribution in [0.5, 0.6) is 0 Å². The van der Waals surface area contributed by atoms with Crippen molar-refractivity contribution in [2.75, 3.05) is 98.9 Å². The molecule has 192 valence electrons. The number of thioether (sulfide) groups is 7. The lowest BCUT2D eigenvalue weighted by Gasteiger charge is -2.21. The van der Waals surface area contributed by atoms with Crippen LogP contribution < -0.4 is 0 Å². The lowest BCUT2D eigenvalue weighted by Crippen LogP contribution is -2.23. The molecule has 0 saturated carbocycles. The molecule has 4 saturated heterocycles. The molecule has 0 aromatic heterocycles. The van der Waals surface area contributed by atoms with E-state index in [2.05, 4.69) is 11.8 Å². The Morgan fingerprint density at radius 3 is 1.55 bits per heavy atom. The molecule has 33 heavy (non-hydrogen) atoms. The quantitative estimate of drug-likeness (QED) is 0.118.